The van der Waals surface area contributed by atoms with Gasteiger partial charge < -0.3 is 0 Å². The van der Waals surface area contributed by atoms with E-state index >= 15 is 0 Å². The second-order valence-corrected chi connectivity index (χ2v) is 4.33. The van der Waals surface area contributed by atoms with Crippen LogP contribution >= 0.6 is 0 Å². The molecule has 1 aromatic carbocycles. The van der Waals surface area contributed by atoms with Crippen molar-refractivity contribution in [3.05, 3.63) is 41.6 Å². The number of pyridine rings is 1. The summed E-state index contributed by atoms with van der Waals surface area (Å²) in [5.74, 6) is 0.314. The van der Waals surface area contributed by atoms with Gasteiger partial charge in [0.15, 0.2) is 0 Å². The van der Waals surface area contributed by atoms with E-state index in [2.05, 4.69) is 4.98 Å². The molecule has 1 aromatic heterocycles. The largest absolute Gasteiger partial charge is 0.416 e. The van der Waals surface area contributed by atoms with Crippen LogP contribution in [-0.2, 0) is 6.18 Å². The van der Waals surface area contributed by atoms with Gasteiger partial charge >= 0.3 is 6.18 Å². The van der Waals surface area contributed by atoms with Gasteiger partial charge in [-0.2, -0.15) is 13.2 Å². The maximum absolute atomic E-state index is 12.5. The van der Waals surface area contributed by atoms with Gasteiger partial charge in [-0.05, 0) is 29.7 Å². The first-order valence-corrected chi connectivity index (χ1v) is 5.35. The number of hydrogen-bond donors (Lipinski definition) is 0. The average Bonchev–Trinajstić information content (AvgIpc) is 2.26. The minimum atomic E-state index is -4.31. The lowest BCUT2D eigenvalue weighted by molar-refractivity contribution is -0.137. The molecule has 4 heteroatoms. The summed E-state index contributed by atoms with van der Waals surface area (Å²) in [6.07, 6.45) is -2.68. The molecule has 2 aromatic rings. The fourth-order valence-corrected chi connectivity index (χ4v) is 1.63. The van der Waals surface area contributed by atoms with E-state index < -0.39 is 11.7 Å². The molecule has 2 rings (SSSR count). The maximum Gasteiger partial charge on any atom is 0.416 e. The highest BCUT2D eigenvalue weighted by Gasteiger charge is 2.30. The topological polar surface area (TPSA) is 12.9 Å². The van der Waals surface area contributed by atoms with Crippen molar-refractivity contribution in [2.75, 3.05) is 0 Å². The quantitative estimate of drug-likeness (QED) is 0.719. The molecule has 0 atom stereocenters. The zero-order chi connectivity index (χ0) is 12.6. The number of halogens is 3. The Bertz CT molecular complexity index is 544. The standard InChI is InChI=1S/C13H12F3N/c1-8(2)10-5-9-3-4-11(13(14,15)16)6-12(9)17-7-10/h3-8H,1-2H3. The van der Waals surface area contributed by atoms with Gasteiger partial charge in [-0.1, -0.05) is 19.9 Å². The molecule has 0 aliphatic heterocycles. The van der Waals surface area contributed by atoms with Crippen molar-refractivity contribution in [3.8, 4) is 0 Å². The first kappa shape index (κ1) is 11.9. The number of hydrogen-bond acceptors (Lipinski definition) is 1. The average molecular weight is 239 g/mol. The first-order chi connectivity index (χ1) is 7.88. The summed E-state index contributed by atoms with van der Waals surface area (Å²) >= 11 is 0. The Labute approximate surface area is 97.3 Å². The van der Waals surface area contributed by atoms with Gasteiger partial charge in [0.2, 0.25) is 0 Å². The van der Waals surface area contributed by atoms with E-state index in [0.29, 0.717) is 11.4 Å². The molecule has 0 amide bonds. The number of rotatable bonds is 1. The second-order valence-electron chi connectivity index (χ2n) is 4.33. The molecule has 0 fully saturated rings. The summed E-state index contributed by atoms with van der Waals surface area (Å²) < 4.78 is 37.5. The molecule has 17 heavy (non-hydrogen) atoms. The van der Waals surface area contributed by atoms with E-state index in [1.807, 2.05) is 19.9 Å². The Morgan fingerprint density at radius 3 is 2.41 bits per heavy atom. The lowest BCUT2D eigenvalue weighted by Gasteiger charge is -2.09. The maximum atomic E-state index is 12.5. The van der Waals surface area contributed by atoms with Crippen molar-refractivity contribution < 1.29 is 13.2 Å². The molecule has 90 valence electrons. The van der Waals surface area contributed by atoms with Crippen LogP contribution in [0.4, 0.5) is 13.2 Å². The number of benzene rings is 1. The summed E-state index contributed by atoms with van der Waals surface area (Å²) in [5.41, 5.74) is 0.747. The van der Waals surface area contributed by atoms with Gasteiger partial charge in [-0.25, -0.2) is 0 Å². The first-order valence-electron chi connectivity index (χ1n) is 5.35. The molecule has 0 unspecified atom stereocenters. The number of aromatic nitrogens is 1. The zero-order valence-electron chi connectivity index (χ0n) is 9.55. The Morgan fingerprint density at radius 1 is 1.12 bits per heavy atom. The van der Waals surface area contributed by atoms with Crippen molar-refractivity contribution >= 4 is 10.9 Å². The van der Waals surface area contributed by atoms with Crippen molar-refractivity contribution in [2.45, 2.75) is 25.9 Å². The fraction of sp³-hybridized carbons (Fsp3) is 0.308. The Kier molecular flexibility index (Phi) is 2.81. The van der Waals surface area contributed by atoms with E-state index in [1.54, 1.807) is 6.20 Å². The van der Waals surface area contributed by atoms with Crippen LogP contribution in [0.3, 0.4) is 0 Å². The van der Waals surface area contributed by atoms with Gasteiger partial charge in [-0.3, -0.25) is 4.98 Å². The number of nitrogens with zero attached hydrogens (tertiary/aromatic N) is 1. The van der Waals surface area contributed by atoms with E-state index in [4.69, 9.17) is 0 Å². The van der Waals surface area contributed by atoms with Crippen LogP contribution in [0.1, 0.15) is 30.9 Å². The molecule has 0 N–H and O–H groups in total. The van der Waals surface area contributed by atoms with E-state index in [0.717, 1.165) is 23.1 Å². The van der Waals surface area contributed by atoms with Crippen LogP contribution in [0, 0.1) is 0 Å². The van der Waals surface area contributed by atoms with E-state index in [1.165, 1.54) is 6.07 Å². The number of alkyl halides is 3. The van der Waals surface area contributed by atoms with Gasteiger partial charge in [0.25, 0.3) is 0 Å². The molecule has 1 heterocycles. The lowest BCUT2D eigenvalue weighted by atomic mass is 10.0. The van der Waals surface area contributed by atoms with Crippen molar-refractivity contribution in [1.82, 2.24) is 4.98 Å². The smallest absolute Gasteiger partial charge is 0.256 e. The summed E-state index contributed by atoms with van der Waals surface area (Å²) in [6, 6.07) is 5.53. The molecule has 0 aliphatic carbocycles. The SMILES string of the molecule is CC(C)c1cnc2cc(C(F)(F)F)ccc2c1. The highest BCUT2D eigenvalue weighted by atomic mass is 19.4. The van der Waals surface area contributed by atoms with Crippen LogP contribution in [0.15, 0.2) is 30.5 Å². The van der Waals surface area contributed by atoms with Gasteiger partial charge in [-0.15, -0.1) is 0 Å². The fourth-order valence-electron chi connectivity index (χ4n) is 1.63. The molecule has 0 aliphatic rings. The minimum Gasteiger partial charge on any atom is -0.256 e. The summed E-state index contributed by atoms with van der Waals surface area (Å²) in [7, 11) is 0. The zero-order valence-corrected chi connectivity index (χ0v) is 9.55. The molecule has 0 saturated heterocycles. The van der Waals surface area contributed by atoms with Crippen LogP contribution in [-0.4, -0.2) is 4.98 Å². The lowest BCUT2D eigenvalue weighted by Crippen LogP contribution is -2.04. The molecule has 1 nitrogen and oxygen atoms in total. The normalized spacial score (nSPS) is 12.4. The molecular formula is C13H12F3N. The van der Waals surface area contributed by atoms with Crippen LogP contribution < -0.4 is 0 Å². The van der Waals surface area contributed by atoms with Crippen molar-refractivity contribution in [2.24, 2.45) is 0 Å². The summed E-state index contributed by atoms with van der Waals surface area (Å²) in [4.78, 5) is 4.08. The van der Waals surface area contributed by atoms with Gasteiger partial charge in [0, 0.05) is 11.6 Å². The molecule has 0 spiro atoms. The Morgan fingerprint density at radius 2 is 1.82 bits per heavy atom. The third-order valence-electron chi connectivity index (χ3n) is 2.70. The number of fused-ring (bicyclic) bond motifs is 1. The van der Waals surface area contributed by atoms with Gasteiger partial charge in [0.05, 0.1) is 11.1 Å². The third-order valence-corrected chi connectivity index (χ3v) is 2.70. The predicted octanol–water partition coefficient (Wildman–Crippen LogP) is 4.38. The third kappa shape index (κ3) is 2.40. The summed E-state index contributed by atoms with van der Waals surface area (Å²) in [6.45, 7) is 4.04. The summed E-state index contributed by atoms with van der Waals surface area (Å²) in [5, 5.41) is 0.740. The minimum absolute atomic E-state index is 0.314. The Hall–Kier alpha value is -1.58. The van der Waals surface area contributed by atoms with Gasteiger partial charge in [0.1, 0.15) is 0 Å². The monoisotopic (exact) mass is 239 g/mol. The second kappa shape index (κ2) is 4.02. The van der Waals surface area contributed by atoms with Crippen molar-refractivity contribution in [3.63, 3.8) is 0 Å². The molecule has 0 saturated carbocycles. The van der Waals surface area contributed by atoms with Crippen LogP contribution in [0.5, 0.6) is 0 Å². The molecule has 0 radical (unpaired) electrons. The molecule has 0 bridgehead atoms. The van der Waals surface area contributed by atoms with E-state index in [9.17, 15) is 13.2 Å². The highest BCUT2D eigenvalue weighted by molar-refractivity contribution is 5.79. The predicted molar refractivity (Wildman–Crippen MR) is 60.8 cm³/mol. The highest BCUT2D eigenvalue weighted by Crippen LogP contribution is 2.31. The van der Waals surface area contributed by atoms with Crippen molar-refractivity contribution in [1.29, 1.82) is 0 Å². The molecular weight excluding hydrogens is 227 g/mol. The Balaban J connectivity index is 2.54. The van der Waals surface area contributed by atoms with E-state index in [-0.39, 0.29) is 0 Å². The van der Waals surface area contributed by atoms with Crippen LogP contribution in [0.2, 0.25) is 0 Å². The van der Waals surface area contributed by atoms with Crippen LogP contribution in [0.25, 0.3) is 10.9 Å².